The van der Waals surface area contributed by atoms with E-state index in [1.807, 2.05) is 18.2 Å². The van der Waals surface area contributed by atoms with Crippen LogP contribution in [0.15, 0.2) is 48.5 Å². The first-order valence-electron chi connectivity index (χ1n) is 14.1. The largest absolute Gasteiger partial charge is 0.497 e. The Bertz CT molecular complexity index is 1430. The third-order valence-corrected chi connectivity index (χ3v) is 9.66. The number of hydrogen-bond acceptors (Lipinski definition) is 3. The van der Waals surface area contributed by atoms with Gasteiger partial charge in [0, 0.05) is 22.5 Å². The van der Waals surface area contributed by atoms with Gasteiger partial charge in [-0.2, -0.15) is 0 Å². The number of ether oxygens (including phenoxy) is 2. The molecule has 3 nitrogen and oxygen atoms in total. The fourth-order valence-electron chi connectivity index (χ4n) is 7.40. The molecule has 0 aromatic heterocycles. The van der Waals surface area contributed by atoms with Crippen LogP contribution in [0.4, 0.5) is 8.78 Å². The molecular weight excluding hydrogens is 494 g/mol. The molecule has 0 bridgehead atoms. The van der Waals surface area contributed by atoms with Crippen LogP contribution < -0.4 is 9.47 Å². The number of aryl methyl sites for hydroxylation is 1. The molecule has 0 N–H and O–H groups in total. The smallest absolute Gasteiger partial charge is 0.169 e. The normalized spacial score (nSPS) is 24.8. The highest BCUT2D eigenvalue weighted by Crippen LogP contribution is 2.60. The number of carbonyl (C=O) groups is 1. The first-order chi connectivity index (χ1) is 18.8. The summed E-state index contributed by atoms with van der Waals surface area (Å²) in [5, 5.41) is 0. The first kappa shape index (κ1) is 26.0. The van der Waals surface area contributed by atoms with Crippen LogP contribution in [0.2, 0.25) is 0 Å². The number of carbonyl (C=O) groups excluding carboxylic acids is 1. The molecule has 0 radical (unpaired) electrons. The van der Waals surface area contributed by atoms with E-state index < -0.39 is 0 Å². The topological polar surface area (TPSA) is 35.5 Å². The van der Waals surface area contributed by atoms with Crippen molar-refractivity contribution < 1.29 is 23.0 Å². The van der Waals surface area contributed by atoms with E-state index in [0.717, 1.165) is 73.5 Å². The molecule has 1 spiro atoms. The van der Waals surface area contributed by atoms with Gasteiger partial charge in [-0.15, -0.1) is 0 Å². The molecule has 3 atom stereocenters. The molecule has 5 heteroatoms. The van der Waals surface area contributed by atoms with Crippen LogP contribution in [-0.4, -0.2) is 13.4 Å². The number of hydrogen-bond donors (Lipinski definition) is 0. The number of methoxy groups -OCH3 is 1. The second-order valence-electron chi connectivity index (χ2n) is 12.4. The van der Waals surface area contributed by atoms with Gasteiger partial charge >= 0.3 is 0 Å². The summed E-state index contributed by atoms with van der Waals surface area (Å²) in [5.41, 5.74) is 4.85. The molecule has 3 aromatic rings. The Morgan fingerprint density at radius 3 is 2.56 bits per heavy atom. The Kier molecular flexibility index (Phi) is 6.52. The standard InChI is InChI=1S/C34H36F2O3/c1-33(2)14-5-7-28(33)26-16-21(8-11-25(26)27-17-24(38-3)10-12-29(27)35)20-39-30-13-9-22-6-4-15-34(18-23(34)19-37)31(22)32(30)36/h8-13,16-17,19,23,28H,4-7,14-15,18,20H2,1-3H3/t23-,28-,34+/m0/s1. The number of aldehydes is 1. The third-order valence-electron chi connectivity index (χ3n) is 9.66. The van der Waals surface area contributed by atoms with Crippen molar-refractivity contribution in [3.63, 3.8) is 0 Å². The zero-order valence-corrected chi connectivity index (χ0v) is 23.0. The minimum Gasteiger partial charge on any atom is -0.497 e. The van der Waals surface area contributed by atoms with Crippen LogP contribution in [0.5, 0.6) is 11.5 Å². The summed E-state index contributed by atoms with van der Waals surface area (Å²) < 4.78 is 42.4. The highest BCUT2D eigenvalue weighted by molar-refractivity contribution is 5.71. The van der Waals surface area contributed by atoms with Crippen molar-refractivity contribution in [3.05, 3.63) is 82.4 Å². The molecule has 0 aliphatic heterocycles. The summed E-state index contributed by atoms with van der Waals surface area (Å²) in [6, 6.07) is 14.6. The zero-order chi connectivity index (χ0) is 27.4. The van der Waals surface area contributed by atoms with Gasteiger partial charge in [0.15, 0.2) is 11.6 Å². The van der Waals surface area contributed by atoms with Crippen LogP contribution >= 0.6 is 0 Å². The fourth-order valence-corrected chi connectivity index (χ4v) is 7.40. The molecule has 0 saturated heterocycles. The molecule has 0 amide bonds. The van der Waals surface area contributed by atoms with E-state index in [0.29, 0.717) is 16.9 Å². The van der Waals surface area contributed by atoms with Gasteiger partial charge in [0.25, 0.3) is 0 Å². The van der Waals surface area contributed by atoms with Crippen molar-refractivity contribution in [1.82, 2.24) is 0 Å². The van der Waals surface area contributed by atoms with Gasteiger partial charge in [-0.05, 0) is 96.4 Å². The van der Waals surface area contributed by atoms with Crippen molar-refractivity contribution in [2.24, 2.45) is 11.3 Å². The van der Waals surface area contributed by atoms with Crippen molar-refractivity contribution in [2.45, 2.75) is 76.7 Å². The van der Waals surface area contributed by atoms with Gasteiger partial charge in [0.05, 0.1) is 7.11 Å². The SMILES string of the molecule is COc1ccc(F)c(-c2ccc(COc3ccc4c(c3F)[C@]3(CCC4)C[C@H]3C=O)cc2[C@@H]2CCCC2(C)C)c1. The average Bonchev–Trinajstić information content (AvgIpc) is 3.50. The van der Waals surface area contributed by atoms with E-state index in [4.69, 9.17) is 9.47 Å². The summed E-state index contributed by atoms with van der Waals surface area (Å²) in [7, 11) is 1.59. The lowest BCUT2D eigenvalue weighted by molar-refractivity contribution is -0.109. The molecule has 3 aliphatic carbocycles. The molecule has 2 saturated carbocycles. The Hall–Kier alpha value is -3.21. The van der Waals surface area contributed by atoms with E-state index in [1.54, 1.807) is 25.3 Å². The summed E-state index contributed by atoms with van der Waals surface area (Å²) in [4.78, 5) is 11.5. The molecule has 39 heavy (non-hydrogen) atoms. The van der Waals surface area contributed by atoms with E-state index in [2.05, 4.69) is 19.9 Å². The minimum atomic E-state index is -0.345. The molecule has 3 aromatic carbocycles. The second-order valence-corrected chi connectivity index (χ2v) is 12.4. The maximum Gasteiger partial charge on any atom is 0.169 e. The van der Waals surface area contributed by atoms with Gasteiger partial charge in [-0.1, -0.05) is 44.5 Å². The number of rotatable bonds is 7. The van der Waals surface area contributed by atoms with Crippen molar-refractivity contribution in [1.29, 1.82) is 0 Å². The predicted octanol–water partition coefficient (Wildman–Crippen LogP) is 8.31. The van der Waals surface area contributed by atoms with Gasteiger partial charge in [0.1, 0.15) is 24.5 Å². The molecule has 0 unspecified atom stereocenters. The Morgan fingerprint density at radius 2 is 1.85 bits per heavy atom. The number of fused-ring (bicyclic) bond motifs is 2. The fraction of sp³-hybridized carbons (Fsp3) is 0.441. The third kappa shape index (κ3) is 4.44. The predicted molar refractivity (Wildman–Crippen MR) is 148 cm³/mol. The Labute approximate surface area is 229 Å². The summed E-state index contributed by atoms with van der Waals surface area (Å²) in [6.07, 6.45) is 7.67. The Morgan fingerprint density at radius 1 is 1.00 bits per heavy atom. The lowest BCUT2D eigenvalue weighted by atomic mass is 9.75. The van der Waals surface area contributed by atoms with E-state index in [1.165, 1.54) is 6.07 Å². The highest BCUT2D eigenvalue weighted by atomic mass is 19.1. The van der Waals surface area contributed by atoms with Crippen LogP contribution in [-0.2, 0) is 23.2 Å². The summed E-state index contributed by atoms with van der Waals surface area (Å²) >= 11 is 0. The van der Waals surface area contributed by atoms with Crippen molar-refractivity contribution in [2.75, 3.05) is 7.11 Å². The molecule has 2 fully saturated rings. The van der Waals surface area contributed by atoms with Crippen LogP contribution in [0.25, 0.3) is 11.1 Å². The number of halogens is 2. The minimum absolute atomic E-state index is 0.0852. The molecule has 204 valence electrons. The maximum atomic E-state index is 15.8. The quantitative estimate of drug-likeness (QED) is 0.288. The van der Waals surface area contributed by atoms with Gasteiger partial charge < -0.3 is 14.3 Å². The molecule has 0 heterocycles. The second kappa shape index (κ2) is 9.76. The summed E-state index contributed by atoms with van der Waals surface area (Å²) in [6.45, 7) is 4.77. The van der Waals surface area contributed by atoms with Gasteiger partial charge in [0.2, 0.25) is 0 Å². The monoisotopic (exact) mass is 530 g/mol. The van der Waals surface area contributed by atoms with E-state index in [9.17, 15) is 4.79 Å². The van der Waals surface area contributed by atoms with Gasteiger partial charge in [-0.3, -0.25) is 0 Å². The van der Waals surface area contributed by atoms with Crippen LogP contribution in [0.1, 0.15) is 80.5 Å². The van der Waals surface area contributed by atoms with E-state index in [-0.39, 0.29) is 46.7 Å². The maximum absolute atomic E-state index is 15.8. The van der Waals surface area contributed by atoms with Crippen molar-refractivity contribution in [3.8, 4) is 22.6 Å². The van der Waals surface area contributed by atoms with Crippen molar-refractivity contribution >= 4 is 6.29 Å². The van der Waals surface area contributed by atoms with E-state index >= 15 is 8.78 Å². The first-order valence-corrected chi connectivity index (χ1v) is 14.1. The number of benzene rings is 3. The zero-order valence-electron chi connectivity index (χ0n) is 23.0. The average molecular weight is 531 g/mol. The molecule has 3 aliphatic rings. The molecule has 6 rings (SSSR count). The molecular formula is C34H36F2O3. The van der Waals surface area contributed by atoms with Crippen LogP contribution in [0, 0.1) is 23.0 Å². The van der Waals surface area contributed by atoms with Crippen LogP contribution in [0.3, 0.4) is 0 Å². The summed E-state index contributed by atoms with van der Waals surface area (Å²) in [5.74, 6) is 0.428. The highest BCUT2D eigenvalue weighted by Gasteiger charge is 2.58. The van der Waals surface area contributed by atoms with Gasteiger partial charge in [-0.25, -0.2) is 8.78 Å². The lowest BCUT2D eigenvalue weighted by Gasteiger charge is -2.30. The lowest BCUT2D eigenvalue weighted by Crippen LogP contribution is -2.21. The Balaban J connectivity index is 1.34.